The number of hydrogen-bond acceptors (Lipinski definition) is 6. The Bertz CT molecular complexity index is 880. The zero-order valence-corrected chi connectivity index (χ0v) is 15.5. The van der Waals surface area contributed by atoms with Gasteiger partial charge in [0.25, 0.3) is 5.22 Å². The average molecular weight is 371 g/mol. The molecule has 2 aromatic carbocycles. The second-order valence-corrected chi connectivity index (χ2v) is 7.06. The van der Waals surface area contributed by atoms with Crippen molar-refractivity contribution in [3.05, 3.63) is 54.1 Å². The van der Waals surface area contributed by atoms with Crippen LogP contribution in [0, 0.1) is 6.92 Å². The predicted octanol–water partition coefficient (Wildman–Crippen LogP) is 4.50. The molecule has 1 heterocycles. The van der Waals surface area contributed by atoms with E-state index in [2.05, 4.69) is 15.5 Å². The number of nitrogens with one attached hydrogen (secondary N) is 1. The fourth-order valence-corrected chi connectivity index (χ4v) is 3.24. The van der Waals surface area contributed by atoms with Gasteiger partial charge in [-0.25, -0.2) is 0 Å². The smallest absolute Gasteiger partial charge is 0.277 e. The molecule has 3 aromatic rings. The third-order valence-corrected chi connectivity index (χ3v) is 5.01. The van der Waals surface area contributed by atoms with E-state index in [-0.39, 0.29) is 11.7 Å². The lowest BCUT2D eigenvalue weighted by atomic mass is 10.1. The van der Waals surface area contributed by atoms with Gasteiger partial charge in [-0.3, -0.25) is 4.79 Å². The summed E-state index contributed by atoms with van der Waals surface area (Å²) in [6, 6.07) is 15.5. The van der Waals surface area contributed by atoms with E-state index in [1.807, 2.05) is 61.7 Å². The van der Waals surface area contributed by atoms with Gasteiger partial charge in [-0.15, -0.1) is 22.0 Å². The molecule has 25 heavy (non-hydrogen) atoms. The number of anilines is 1. The van der Waals surface area contributed by atoms with Crippen molar-refractivity contribution in [3.8, 4) is 11.5 Å². The third-order valence-electron chi connectivity index (χ3n) is 3.46. The molecular weight excluding hydrogens is 354 g/mol. The molecule has 1 N–H and O–H groups in total. The number of thioether (sulfide) groups is 2. The van der Waals surface area contributed by atoms with Gasteiger partial charge in [0.1, 0.15) is 0 Å². The number of amides is 1. The molecule has 0 saturated carbocycles. The summed E-state index contributed by atoms with van der Waals surface area (Å²) in [7, 11) is 0. The van der Waals surface area contributed by atoms with Crippen molar-refractivity contribution in [3.63, 3.8) is 0 Å². The van der Waals surface area contributed by atoms with Crippen LogP contribution in [0.4, 0.5) is 5.69 Å². The number of aryl methyl sites for hydroxylation is 1. The maximum Gasteiger partial charge on any atom is 0.277 e. The lowest BCUT2D eigenvalue weighted by molar-refractivity contribution is -0.113. The molecule has 7 heteroatoms. The quantitative estimate of drug-likeness (QED) is 0.644. The molecule has 0 spiro atoms. The zero-order valence-electron chi connectivity index (χ0n) is 13.9. The lowest BCUT2D eigenvalue weighted by Gasteiger charge is -2.05. The Hall–Kier alpha value is -2.25. The molecule has 128 valence electrons. The molecule has 0 bridgehead atoms. The highest BCUT2D eigenvalue weighted by Crippen LogP contribution is 2.25. The van der Waals surface area contributed by atoms with Crippen molar-refractivity contribution in [1.29, 1.82) is 0 Å². The van der Waals surface area contributed by atoms with E-state index in [1.54, 1.807) is 11.8 Å². The molecule has 0 aliphatic heterocycles. The van der Waals surface area contributed by atoms with Crippen LogP contribution >= 0.6 is 23.5 Å². The first-order valence-corrected chi connectivity index (χ1v) is 9.83. The van der Waals surface area contributed by atoms with Crippen LogP contribution in [0.25, 0.3) is 11.5 Å². The zero-order chi connectivity index (χ0) is 17.6. The standard InChI is InChI=1S/C18H17N3O2S2/c1-12-6-3-4-9-15(12)17-20-21-18(23-17)25-11-16(22)19-13-7-5-8-14(10-13)24-2/h3-10H,11H2,1-2H3,(H,19,22). The van der Waals surface area contributed by atoms with Gasteiger partial charge in [0.05, 0.1) is 5.75 Å². The molecule has 0 atom stereocenters. The van der Waals surface area contributed by atoms with Crippen molar-refractivity contribution >= 4 is 35.1 Å². The van der Waals surface area contributed by atoms with E-state index in [0.29, 0.717) is 11.1 Å². The maximum absolute atomic E-state index is 12.1. The Labute approximate surface area is 154 Å². The first-order valence-electron chi connectivity index (χ1n) is 7.62. The van der Waals surface area contributed by atoms with Crippen LogP contribution < -0.4 is 5.32 Å². The van der Waals surface area contributed by atoms with E-state index in [4.69, 9.17) is 4.42 Å². The van der Waals surface area contributed by atoms with Crippen molar-refractivity contribution in [2.75, 3.05) is 17.3 Å². The highest BCUT2D eigenvalue weighted by Gasteiger charge is 2.12. The Morgan fingerprint density at radius 2 is 2.00 bits per heavy atom. The van der Waals surface area contributed by atoms with Gasteiger partial charge in [-0.2, -0.15) is 0 Å². The minimum Gasteiger partial charge on any atom is -0.411 e. The van der Waals surface area contributed by atoms with E-state index in [1.165, 1.54) is 11.8 Å². The van der Waals surface area contributed by atoms with Crippen LogP contribution in [0.2, 0.25) is 0 Å². The molecule has 5 nitrogen and oxygen atoms in total. The molecule has 0 aliphatic carbocycles. The van der Waals surface area contributed by atoms with Gasteiger partial charge in [0, 0.05) is 16.1 Å². The van der Waals surface area contributed by atoms with Crippen molar-refractivity contribution in [2.45, 2.75) is 17.0 Å². The van der Waals surface area contributed by atoms with E-state index in [9.17, 15) is 4.79 Å². The highest BCUT2D eigenvalue weighted by molar-refractivity contribution is 7.99. The Balaban J connectivity index is 1.58. The molecule has 0 fully saturated rings. The Morgan fingerprint density at radius 3 is 2.80 bits per heavy atom. The first-order chi connectivity index (χ1) is 12.2. The second kappa shape index (κ2) is 8.22. The highest BCUT2D eigenvalue weighted by atomic mass is 32.2. The summed E-state index contributed by atoms with van der Waals surface area (Å²) >= 11 is 2.85. The molecule has 3 rings (SSSR count). The molecule has 0 aliphatic rings. The van der Waals surface area contributed by atoms with E-state index >= 15 is 0 Å². The van der Waals surface area contributed by atoms with E-state index in [0.717, 1.165) is 21.7 Å². The van der Waals surface area contributed by atoms with Gasteiger partial charge in [-0.05, 0) is 43.0 Å². The number of rotatable bonds is 6. The molecule has 0 saturated heterocycles. The first kappa shape index (κ1) is 17.6. The summed E-state index contributed by atoms with van der Waals surface area (Å²) in [4.78, 5) is 13.2. The second-order valence-electron chi connectivity index (χ2n) is 5.26. The van der Waals surface area contributed by atoms with Crippen LogP contribution in [0.15, 0.2) is 63.1 Å². The summed E-state index contributed by atoms with van der Waals surface area (Å²) < 4.78 is 5.65. The SMILES string of the molecule is CSc1cccc(NC(=O)CSc2nnc(-c3ccccc3C)o2)c1. The Kier molecular flexibility index (Phi) is 5.78. The van der Waals surface area contributed by atoms with Crippen molar-refractivity contribution < 1.29 is 9.21 Å². The Morgan fingerprint density at radius 1 is 1.16 bits per heavy atom. The number of nitrogens with zero attached hydrogens (tertiary/aromatic N) is 2. The summed E-state index contributed by atoms with van der Waals surface area (Å²) in [6.45, 7) is 1.99. The summed E-state index contributed by atoms with van der Waals surface area (Å²) in [6.07, 6.45) is 2.00. The van der Waals surface area contributed by atoms with Crippen LogP contribution in [-0.4, -0.2) is 28.1 Å². The molecule has 1 aromatic heterocycles. The minimum absolute atomic E-state index is 0.112. The average Bonchev–Trinajstić information content (AvgIpc) is 3.09. The largest absolute Gasteiger partial charge is 0.411 e. The van der Waals surface area contributed by atoms with Crippen LogP contribution in [-0.2, 0) is 4.79 Å². The monoisotopic (exact) mass is 371 g/mol. The molecule has 0 radical (unpaired) electrons. The fourth-order valence-electron chi connectivity index (χ4n) is 2.21. The number of benzene rings is 2. The van der Waals surface area contributed by atoms with Crippen LogP contribution in [0.3, 0.4) is 0 Å². The molecular formula is C18H17N3O2S2. The number of aromatic nitrogens is 2. The number of hydrogen-bond donors (Lipinski definition) is 1. The normalized spacial score (nSPS) is 10.6. The molecule has 1 amide bonds. The minimum atomic E-state index is -0.112. The van der Waals surface area contributed by atoms with Crippen molar-refractivity contribution in [2.24, 2.45) is 0 Å². The summed E-state index contributed by atoms with van der Waals surface area (Å²) in [5.74, 6) is 0.561. The fraction of sp³-hybridized carbons (Fsp3) is 0.167. The summed E-state index contributed by atoms with van der Waals surface area (Å²) in [5.41, 5.74) is 2.75. The van der Waals surface area contributed by atoms with Crippen LogP contribution in [0.5, 0.6) is 0 Å². The number of carbonyl (C=O) groups is 1. The van der Waals surface area contributed by atoms with E-state index < -0.39 is 0 Å². The maximum atomic E-state index is 12.1. The third kappa shape index (κ3) is 4.64. The van der Waals surface area contributed by atoms with Gasteiger partial charge in [0.2, 0.25) is 11.8 Å². The van der Waals surface area contributed by atoms with Gasteiger partial charge >= 0.3 is 0 Å². The lowest BCUT2D eigenvalue weighted by Crippen LogP contribution is -2.13. The van der Waals surface area contributed by atoms with Crippen molar-refractivity contribution in [1.82, 2.24) is 10.2 Å². The predicted molar refractivity (Wildman–Crippen MR) is 102 cm³/mol. The summed E-state index contributed by atoms with van der Waals surface area (Å²) in [5, 5.41) is 11.3. The van der Waals surface area contributed by atoms with Crippen LogP contribution in [0.1, 0.15) is 5.56 Å². The topological polar surface area (TPSA) is 68.0 Å². The molecule has 0 unspecified atom stereocenters. The van der Waals surface area contributed by atoms with Gasteiger partial charge in [-0.1, -0.05) is 36.0 Å². The van der Waals surface area contributed by atoms with Gasteiger partial charge in [0.15, 0.2) is 0 Å². The van der Waals surface area contributed by atoms with Gasteiger partial charge < -0.3 is 9.73 Å². The number of carbonyl (C=O) groups excluding carboxylic acids is 1.